The third-order valence-electron chi connectivity index (χ3n) is 1.95. The number of rotatable bonds is 3. The van der Waals surface area contributed by atoms with Gasteiger partial charge in [-0.25, -0.2) is 0 Å². The Hall–Kier alpha value is -0.640. The molecule has 1 rings (SSSR count). The van der Waals surface area contributed by atoms with Crippen molar-refractivity contribution in [2.45, 2.75) is 11.9 Å². The van der Waals surface area contributed by atoms with Crippen LogP contribution < -0.4 is 0 Å². The van der Waals surface area contributed by atoms with Gasteiger partial charge in [-0.1, -0.05) is 12.2 Å². The van der Waals surface area contributed by atoms with Crippen molar-refractivity contribution in [1.29, 1.82) is 0 Å². The molecule has 1 aliphatic carbocycles. The summed E-state index contributed by atoms with van der Waals surface area (Å²) < 4.78 is 15.4. The second-order valence-electron chi connectivity index (χ2n) is 2.55. The summed E-state index contributed by atoms with van der Waals surface area (Å²) in [5, 5.41) is 0. The second kappa shape index (κ2) is 3.85. The van der Waals surface area contributed by atoms with Crippen LogP contribution >= 0.6 is 0 Å². The van der Waals surface area contributed by atoms with Gasteiger partial charge in [0.05, 0.1) is 6.10 Å². The molecule has 0 spiro atoms. The summed E-state index contributed by atoms with van der Waals surface area (Å²) in [4.78, 5) is 0. The van der Waals surface area contributed by atoms with Crippen LogP contribution in [-0.2, 0) is 14.2 Å². The average molecular weight is 170 g/mol. The topological polar surface area (TPSA) is 27.7 Å². The Morgan fingerprint density at radius 2 is 1.50 bits per heavy atom. The SMILES string of the molecule is COC1C=CC(OC)(OC)C=C1. The van der Waals surface area contributed by atoms with Crippen LogP contribution in [0.25, 0.3) is 0 Å². The summed E-state index contributed by atoms with van der Waals surface area (Å²) in [6.07, 6.45) is 7.49. The molecule has 0 amide bonds. The molecule has 3 heteroatoms. The maximum Gasteiger partial charge on any atom is 0.207 e. The molecule has 0 heterocycles. The molecule has 0 radical (unpaired) electrons. The fourth-order valence-electron chi connectivity index (χ4n) is 1.09. The molecule has 0 unspecified atom stereocenters. The highest BCUT2D eigenvalue weighted by atomic mass is 16.7. The zero-order valence-corrected chi connectivity index (χ0v) is 7.61. The minimum atomic E-state index is -0.699. The van der Waals surface area contributed by atoms with E-state index in [-0.39, 0.29) is 6.10 Å². The molecule has 0 aliphatic heterocycles. The minimum Gasteiger partial charge on any atom is -0.373 e. The van der Waals surface area contributed by atoms with Crippen molar-refractivity contribution in [3.63, 3.8) is 0 Å². The molecule has 0 aromatic rings. The molecular formula is C9H14O3. The van der Waals surface area contributed by atoms with Gasteiger partial charge < -0.3 is 14.2 Å². The normalized spacial score (nSPS) is 21.6. The van der Waals surface area contributed by atoms with Gasteiger partial charge in [-0.05, 0) is 12.2 Å². The lowest BCUT2D eigenvalue weighted by molar-refractivity contribution is -0.135. The van der Waals surface area contributed by atoms with Crippen molar-refractivity contribution in [2.24, 2.45) is 0 Å². The van der Waals surface area contributed by atoms with Crippen molar-refractivity contribution in [3.05, 3.63) is 24.3 Å². The summed E-state index contributed by atoms with van der Waals surface area (Å²) in [6.45, 7) is 0. The summed E-state index contributed by atoms with van der Waals surface area (Å²) in [7, 11) is 4.86. The van der Waals surface area contributed by atoms with Crippen LogP contribution in [0.15, 0.2) is 24.3 Å². The molecule has 0 atom stereocenters. The van der Waals surface area contributed by atoms with Crippen LogP contribution in [0.1, 0.15) is 0 Å². The van der Waals surface area contributed by atoms with Crippen LogP contribution in [0.2, 0.25) is 0 Å². The quantitative estimate of drug-likeness (QED) is 0.469. The molecule has 0 bridgehead atoms. The van der Waals surface area contributed by atoms with Crippen LogP contribution in [0.4, 0.5) is 0 Å². The standard InChI is InChI=1S/C9H14O3/c1-10-8-4-6-9(11-2,12-3)7-5-8/h4-8H,1-3H3. The van der Waals surface area contributed by atoms with Gasteiger partial charge in [-0.15, -0.1) is 0 Å². The van der Waals surface area contributed by atoms with Crippen LogP contribution in [-0.4, -0.2) is 33.2 Å². The van der Waals surface area contributed by atoms with E-state index in [1.165, 1.54) is 0 Å². The maximum atomic E-state index is 5.17. The minimum absolute atomic E-state index is 0.0309. The van der Waals surface area contributed by atoms with Crippen molar-refractivity contribution in [3.8, 4) is 0 Å². The first kappa shape index (κ1) is 9.45. The van der Waals surface area contributed by atoms with E-state index >= 15 is 0 Å². The van der Waals surface area contributed by atoms with Crippen LogP contribution in [0, 0.1) is 0 Å². The average Bonchev–Trinajstić information content (AvgIpc) is 2.18. The Bertz CT molecular complexity index is 176. The zero-order valence-electron chi connectivity index (χ0n) is 7.61. The molecule has 0 N–H and O–H groups in total. The fourth-order valence-corrected chi connectivity index (χ4v) is 1.09. The summed E-state index contributed by atoms with van der Waals surface area (Å²) in [5.74, 6) is -0.699. The van der Waals surface area contributed by atoms with Gasteiger partial charge in [0.1, 0.15) is 0 Å². The summed E-state index contributed by atoms with van der Waals surface area (Å²) in [5.41, 5.74) is 0. The Labute approximate surface area is 72.6 Å². The van der Waals surface area contributed by atoms with Gasteiger partial charge in [0.25, 0.3) is 0 Å². The fraction of sp³-hybridized carbons (Fsp3) is 0.556. The van der Waals surface area contributed by atoms with E-state index in [0.717, 1.165) is 0 Å². The number of hydrogen-bond acceptors (Lipinski definition) is 3. The number of ether oxygens (including phenoxy) is 3. The van der Waals surface area contributed by atoms with Crippen molar-refractivity contribution in [1.82, 2.24) is 0 Å². The Kier molecular flexibility index (Phi) is 3.03. The summed E-state index contributed by atoms with van der Waals surface area (Å²) in [6, 6.07) is 0. The largest absolute Gasteiger partial charge is 0.373 e. The van der Waals surface area contributed by atoms with Crippen molar-refractivity contribution in [2.75, 3.05) is 21.3 Å². The highest BCUT2D eigenvalue weighted by Gasteiger charge is 2.25. The van der Waals surface area contributed by atoms with Gasteiger partial charge >= 0.3 is 0 Å². The third kappa shape index (κ3) is 1.75. The molecule has 0 fully saturated rings. The predicted molar refractivity (Wildman–Crippen MR) is 45.8 cm³/mol. The molecule has 0 aromatic heterocycles. The Morgan fingerprint density at radius 3 is 1.83 bits per heavy atom. The maximum absolute atomic E-state index is 5.17. The Morgan fingerprint density at radius 1 is 1.00 bits per heavy atom. The van der Waals surface area contributed by atoms with Gasteiger partial charge in [-0.2, -0.15) is 0 Å². The van der Waals surface area contributed by atoms with Gasteiger partial charge in [0.15, 0.2) is 0 Å². The predicted octanol–water partition coefficient (Wildman–Crippen LogP) is 1.12. The first-order chi connectivity index (χ1) is 5.76. The first-order valence-electron chi connectivity index (χ1n) is 3.78. The second-order valence-corrected chi connectivity index (χ2v) is 2.55. The molecule has 0 saturated heterocycles. The molecule has 3 nitrogen and oxygen atoms in total. The van der Waals surface area contributed by atoms with Crippen molar-refractivity contribution < 1.29 is 14.2 Å². The van der Waals surface area contributed by atoms with E-state index in [9.17, 15) is 0 Å². The van der Waals surface area contributed by atoms with E-state index in [0.29, 0.717) is 0 Å². The highest BCUT2D eigenvalue weighted by molar-refractivity contribution is 5.20. The molecular weight excluding hydrogens is 156 g/mol. The monoisotopic (exact) mass is 170 g/mol. The van der Waals surface area contributed by atoms with Gasteiger partial charge in [0, 0.05) is 21.3 Å². The first-order valence-corrected chi connectivity index (χ1v) is 3.78. The molecule has 68 valence electrons. The van der Waals surface area contributed by atoms with Crippen molar-refractivity contribution >= 4 is 0 Å². The van der Waals surface area contributed by atoms with Crippen LogP contribution in [0.3, 0.4) is 0 Å². The lowest BCUT2D eigenvalue weighted by Gasteiger charge is -2.27. The Balaban J connectivity index is 2.68. The number of methoxy groups -OCH3 is 3. The molecule has 0 saturated carbocycles. The smallest absolute Gasteiger partial charge is 0.207 e. The van der Waals surface area contributed by atoms with E-state index in [1.54, 1.807) is 21.3 Å². The van der Waals surface area contributed by atoms with E-state index < -0.39 is 5.79 Å². The lowest BCUT2D eigenvalue weighted by Crippen LogP contribution is -2.31. The molecule has 12 heavy (non-hydrogen) atoms. The van der Waals surface area contributed by atoms with E-state index in [4.69, 9.17) is 14.2 Å². The molecule has 0 aromatic carbocycles. The lowest BCUT2D eigenvalue weighted by atomic mass is 10.1. The summed E-state index contributed by atoms with van der Waals surface area (Å²) >= 11 is 0. The van der Waals surface area contributed by atoms with Gasteiger partial charge in [0.2, 0.25) is 5.79 Å². The van der Waals surface area contributed by atoms with E-state index in [2.05, 4.69) is 0 Å². The van der Waals surface area contributed by atoms with Gasteiger partial charge in [-0.3, -0.25) is 0 Å². The molecule has 1 aliphatic rings. The zero-order chi connectivity index (χ0) is 9.03. The highest BCUT2D eigenvalue weighted by Crippen LogP contribution is 2.20. The van der Waals surface area contributed by atoms with Crippen LogP contribution in [0.5, 0.6) is 0 Å². The third-order valence-corrected chi connectivity index (χ3v) is 1.95. The number of hydrogen-bond donors (Lipinski definition) is 0. The van der Waals surface area contributed by atoms with E-state index in [1.807, 2.05) is 24.3 Å².